The molecule has 0 unspecified atom stereocenters. The molecule has 1 aliphatic heterocycles. The van der Waals surface area contributed by atoms with Gasteiger partial charge in [0.2, 0.25) is 5.95 Å². The lowest BCUT2D eigenvalue weighted by molar-refractivity contribution is 0.121. The molecule has 1 aliphatic rings. The second-order valence-electron chi connectivity index (χ2n) is 4.86. The average molecular weight is 308 g/mol. The first-order valence-corrected chi connectivity index (χ1v) is 7.82. The smallest absolute Gasteiger partial charge is 0.227 e. The Bertz CT molecular complexity index is 613. The maximum Gasteiger partial charge on any atom is 0.227 e. The molecule has 7 heteroatoms. The number of nitrogens with zero attached hydrogens (tertiary/aromatic N) is 4. The van der Waals surface area contributed by atoms with Crippen molar-refractivity contribution in [1.29, 1.82) is 0 Å². The minimum absolute atomic E-state index is 0.208. The minimum Gasteiger partial charge on any atom is -0.378 e. The van der Waals surface area contributed by atoms with E-state index in [9.17, 15) is 4.39 Å². The van der Waals surface area contributed by atoms with Crippen molar-refractivity contribution in [1.82, 2.24) is 14.8 Å². The topological polar surface area (TPSA) is 43.2 Å². The molecule has 112 valence electrons. The van der Waals surface area contributed by atoms with E-state index in [4.69, 9.17) is 4.74 Å². The number of benzene rings is 1. The van der Waals surface area contributed by atoms with Crippen LogP contribution in [0.2, 0.25) is 0 Å². The average Bonchev–Trinajstić information content (AvgIpc) is 2.87. The Labute approximate surface area is 127 Å². The zero-order valence-electron chi connectivity index (χ0n) is 11.8. The maximum atomic E-state index is 13.2. The van der Waals surface area contributed by atoms with Crippen molar-refractivity contribution in [2.24, 2.45) is 7.05 Å². The van der Waals surface area contributed by atoms with Crippen LogP contribution in [0, 0.1) is 5.82 Å². The van der Waals surface area contributed by atoms with E-state index in [0.717, 1.165) is 43.0 Å². The molecule has 2 aromatic rings. The predicted molar refractivity (Wildman–Crippen MR) is 80.0 cm³/mol. The second kappa shape index (κ2) is 6.44. The highest BCUT2D eigenvalue weighted by atomic mass is 32.2. The van der Waals surface area contributed by atoms with Crippen molar-refractivity contribution in [2.75, 3.05) is 31.2 Å². The van der Waals surface area contributed by atoms with Crippen molar-refractivity contribution < 1.29 is 9.13 Å². The van der Waals surface area contributed by atoms with Crippen LogP contribution in [0.25, 0.3) is 0 Å². The predicted octanol–water partition coefficient (Wildman–Crippen LogP) is 2.08. The van der Waals surface area contributed by atoms with Crippen LogP contribution < -0.4 is 4.90 Å². The zero-order chi connectivity index (χ0) is 14.7. The normalized spacial score (nSPS) is 15.4. The lowest BCUT2D eigenvalue weighted by atomic mass is 10.2. The molecule has 0 bridgehead atoms. The number of halogens is 1. The molecular formula is C14H17FN4OS. The van der Waals surface area contributed by atoms with Gasteiger partial charge in [0.1, 0.15) is 5.82 Å². The number of hydrogen-bond donors (Lipinski definition) is 0. The molecule has 1 aromatic carbocycles. The van der Waals surface area contributed by atoms with Gasteiger partial charge >= 0.3 is 0 Å². The Morgan fingerprint density at radius 1 is 1.29 bits per heavy atom. The van der Waals surface area contributed by atoms with Crippen molar-refractivity contribution in [3.8, 4) is 0 Å². The summed E-state index contributed by atoms with van der Waals surface area (Å²) in [5, 5.41) is 9.32. The van der Waals surface area contributed by atoms with E-state index in [1.165, 1.54) is 6.07 Å². The van der Waals surface area contributed by atoms with Gasteiger partial charge in [-0.25, -0.2) is 4.39 Å². The van der Waals surface area contributed by atoms with Gasteiger partial charge in [-0.1, -0.05) is 23.9 Å². The molecule has 1 aromatic heterocycles. The number of ether oxygens (including phenoxy) is 1. The third kappa shape index (κ3) is 3.36. The van der Waals surface area contributed by atoms with Crippen LogP contribution in [0.1, 0.15) is 5.56 Å². The standard InChI is InChI=1S/C14H17FN4OS/c1-18-13(19-5-7-20-8-6-19)16-17-14(18)21-10-11-3-2-4-12(15)9-11/h2-4,9H,5-8,10H2,1H3. The first-order chi connectivity index (χ1) is 10.2. The summed E-state index contributed by atoms with van der Waals surface area (Å²) in [5.41, 5.74) is 0.941. The summed E-state index contributed by atoms with van der Waals surface area (Å²) in [5.74, 6) is 1.33. The highest BCUT2D eigenvalue weighted by molar-refractivity contribution is 7.98. The van der Waals surface area contributed by atoms with Gasteiger partial charge < -0.3 is 9.64 Å². The Balaban J connectivity index is 1.67. The Hall–Kier alpha value is -1.60. The molecule has 21 heavy (non-hydrogen) atoms. The highest BCUT2D eigenvalue weighted by Gasteiger charge is 2.18. The lowest BCUT2D eigenvalue weighted by Crippen LogP contribution is -2.37. The summed E-state index contributed by atoms with van der Waals surface area (Å²) in [7, 11) is 1.96. The molecule has 1 fully saturated rings. The van der Waals surface area contributed by atoms with Gasteiger partial charge in [0.05, 0.1) is 13.2 Å². The molecule has 0 radical (unpaired) electrons. The molecule has 5 nitrogen and oxygen atoms in total. The summed E-state index contributed by atoms with van der Waals surface area (Å²) in [6, 6.07) is 6.63. The van der Waals surface area contributed by atoms with Gasteiger partial charge in [-0.2, -0.15) is 0 Å². The van der Waals surface area contributed by atoms with E-state index < -0.39 is 0 Å². The first-order valence-electron chi connectivity index (χ1n) is 6.83. The SMILES string of the molecule is Cn1c(SCc2cccc(F)c2)nnc1N1CCOCC1. The van der Waals surface area contributed by atoms with Gasteiger partial charge in [0, 0.05) is 25.9 Å². The molecule has 3 rings (SSSR count). The quantitative estimate of drug-likeness (QED) is 0.809. The number of hydrogen-bond acceptors (Lipinski definition) is 5. The summed E-state index contributed by atoms with van der Waals surface area (Å²) in [4.78, 5) is 2.17. The number of aromatic nitrogens is 3. The summed E-state index contributed by atoms with van der Waals surface area (Å²) in [6.07, 6.45) is 0. The Morgan fingerprint density at radius 3 is 2.86 bits per heavy atom. The molecule has 0 spiro atoms. The van der Waals surface area contributed by atoms with Crippen molar-refractivity contribution in [3.05, 3.63) is 35.6 Å². The molecule has 0 amide bonds. The lowest BCUT2D eigenvalue weighted by Gasteiger charge is -2.27. The highest BCUT2D eigenvalue weighted by Crippen LogP contribution is 2.24. The third-order valence-corrected chi connectivity index (χ3v) is 4.45. The largest absolute Gasteiger partial charge is 0.378 e. The summed E-state index contributed by atoms with van der Waals surface area (Å²) < 4.78 is 20.5. The molecule has 0 N–H and O–H groups in total. The van der Waals surface area contributed by atoms with Crippen LogP contribution in [0.15, 0.2) is 29.4 Å². The van der Waals surface area contributed by atoms with Gasteiger partial charge in [-0.15, -0.1) is 10.2 Å². The molecule has 0 aliphatic carbocycles. The molecule has 0 saturated carbocycles. The van der Waals surface area contributed by atoms with E-state index in [2.05, 4.69) is 15.1 Å². The van der Waals surface area contributed by atoms with Gasteiger partial charge in [0.15, 0.2) is 5.16 Å². The van der Waals surface area contributed by atoms with E-state index >= 15 is 0 Å². The summed E-state index contributed by atoms with van der Waals surface area (Å²) in [6.45, 7) is 3.11. The van der Waals surface area contributed by atoms with Crippen molar-refractivity contribution in [3.63, 3.8) is 0 Å². The number of anilines is 1. The van der Waals surface area contributed by atoms with Gasteiger partial charge in [0.25, 0.3) is 0 Å². The Kier molecular flexibility index (Phi) is 4.40. The fourth-order valence-electron chi connectivity index (χ4n) is 2.25. The van der Waals surface area contributed by atoms with Crippen LogP contribution >= 0.6 is 11.8 Å². The number of rotatable bonds is 4. The van der Waals surface area contributed by atoms with Crippen LogP contribution in [0.3, 0.4) is 0 Å². The minimum atomic E-state index is -0.208. The van der Waals surface area contributed by atoms with Crippen LogP contribution in [-0.2, 0) is 17.5 Å². The van der Waals surface area contributed by atoms with Gasteiger partial charge in [-0.3, -0.25) is 4.57 Å². The van der Waals surface area contributed by atoms with Crippen LogP contribution in [0.4, 0.5) is 10.3 Å². The molecular weight excluding hydrogens is 291 g/mol. The molecule has 1 saturated heterocycles. The number of morpholine rings is 1. The second-order valence-corrected chi connectivity index (χ2v) is 5.80. The maximum absolute atomic E-state index is 13.2. The van der Waals surface area contributed by atoms with Crippen molar-refractivity contribution >= 4 is 17.7 Å². The molecule has 2 heterocycles. The fourth-order valence-corrected chi connectivity index (χ4v) is 3.10. The van der Waals surface area contributed by atoms with Crippen LogP contribution in [0.5, 0.6) is 0 Å². The third-order valence-electron chi connectivity index (χ3n) is 3.36. The summed E-state index contributed by atoms with van der Waals surface area (Å²) >= 11 is 1.56. The van der Waals surface area contributed by atoms with E-state index in [0.29, 0.717) is 5.75 Å². The van der Waals surface area contributed by atoms with E-state index in [-0.39, 0.29) is 5.82 Å². The van der Waals surface area contributed by atoms with E-state index in [1.807, 2.05) is 17.7 Å². The zero-order valence-corrected chi connectivity index (χ0v) is 12.6. The van der Waals surface area contributed by atoms with Crippen LogP contribution in [-0.4, -0.2) is 41.1 Å². The Morgan fingerprint density at radius 2 is 2.10 bits per heavy atom. The number of thioether (sulfide) groups is 1. The monoisotopic (exact) mass is 308 g/mol. The van der Waals surface area contributed by atoms with Gasteiger partial charge in [-0.05, 0) is 17.7 Å². The fraction of sp³-hybridized carbons (Fsp3) is 0.429. The van der Waals surface area contributed by atoms with E-state index in [1.54, 1.807) is 23.9 Å². The van der Waals surface area contributed by atoms with Crippen molar-refractivity contribution in [2.45, 2.75) is 10.9 Å². The first kappa shape index (κ1) is 14.3. The molecule has 0 atom stereocenters.